The van der Waals surface area contributed by atoms with Gasteiger partial charge in [0.1, 0.15) is 11.5 Å². The molecule has 5 heterocycles. The molecule has 4 aromatic heterocycles. The quantitative estimate of drug-likeness (QED) is 0.166. The summed E-state index contributed by atoms with van der Waals surface area (Å²) in [6, 6.07) is 38.4. The molecular formula is C41H33N6OPt-3. The van der Waals surface area contributed by atoms with Gasteiger partial charge in [-0.1, -0.05) is 44.5 Å². The number of benzene rings is 4. The van der Waals surface area contributed by atoms with Crippen LogP contribution in [0.15, 0.2) is 103 Å². The summed E-state index contributed by atoms with van der Waals surface area (Å²) < 4.78 is 10.8. The molecule has 9 rings (SSSR count). The van der Waals surface area contributed by atoms with Crippen molar-refractivity contribution < 1.29 is 25.8 Å². The SMILES string of the molecule is CN1[CH-]N(c2[c-]c(Oc3[c-]c4c(cc3)c3ccccc3n4-c3cc(C(C)(C)C)ccn3)ccc2)c2ccc3c(c21)c1cccnc1n3C.[Pt]. The molecule has 0 bridgehead atoms. The Bertz CT molecular complexity index is 2560. The Morgan fingerprint density at radius 3 is 2.41 bits per heavy atom. The van der Waals surface area contributed by atoms with E-state index in [1.807, 2.05) is 36.7 Å². The average Bonchev–Trinajstić information content (AvgIpc) is 3.71. The summed E-state index contributed by atoms with van der Waals surface area (Å²) in [5.41, 5.74) is 8.44. The third-order valence-corrected chi connectivity index (χ3v) is 9.40. The van der Waals surface area contributed by atoms with Crippen molar-refractivity contribution in [2.45, 2.75) is 26.2 Å². The summed E-state index contributed by atoms with van der Waals surface area (Å²) in [6.07, 6.45) is 3.74. The molecule has 4 aromatic carbocycles. The Hall–Kier alpha value is -5.13. The van der Waals surface area contributed by atoms with E-state index in [-0.39, 0.29) is 26.5 Å². The van der Waals surface area contributed by atoms with E-state index in [2.05, 4.69) is 144 Å². The smallest absolute Gasteiger partial charge is 0.140 e. The van der Waals surface area contributed by atoms with Crippen molar-refractivity contribution in [2.75, 3.05) is 16.8 Å². The maximum Gasteiger partial charge on any atom is 0.140 e. The zero-order valence-corrected chi connectivity index (χ0v) is 30.1. The first kappa shape index (κ1) is 31.2. The van der Waals surface area contributed by atoms with Crippen molar-refractivity contribution >= 4 is 60.8 Å². The molecule has 0 radical (unpaired) electrons. The standard InChI is InChI=1S/C41H33N6O.Pt/c1-41(2,3)26-19-21-42-37(22-26)47-33-14-7-6-12-30(33)31-16-15-29(24-36(31)47)48-28-11-8-10-27(23-28)46-25-44(4)39-35(46)18-17-34-38(39)32-13-9-20-43-40(32)45(34)5;/h6-22,25H,1-5H3;/q-3;. The average molecular weight is 821 g/mol. The Kier molecular flexibility index (Phi) is 7.31. The Balaban J connectivity index is 0.00000348. The molecule has 0 spiro atoms. The van der Waals surface area contributed by atoms with Crippen molar-refractivity contribution in [1.29, 1.82) is 0 Å². The Morgan fingerprint density at radius 1 is 0.735 bits per heavy atom. The van der Waals surface area contributed by atoms with Crippen LogP contribution in [0, 0.1) is 18.8 Å². The van der Waals surface area contributed by atoms with Crippen molar-refractivity contribution in [3.8, 4) is 17.3 Å². The van der Waals surface area contributed by atoms with Crippen LogP contribution in [0.1, 0.15) is 26.3 Å². The molecule has 0 amide bonds. The van der Waals surface area contributed by atoms with E-state index in [9.17, 15) is 0 Å². The molecule has 0 saturated heterocycles. The normalized spacial score (nSPS) is 13.1. The molecule has 0 saturated carbocycles. The predicted molar refractivity (Wildman–Crippen MR) is 195 cm³/mol. The molecular weight excluding hydrogens is 788 g/mol. The van der Waals surface area contributed by atoms with Crippen LogP contribution in [0.5, 0.6) is 11.5 Å². The number of ether oxygens (including phenoxy) is 1. The number of hydrogen-bond donors (Lipinski definition) is 0. The molecule has 0 fully saturated rings. The van der Waals surface area contributed by atoms with Gasteiger partial charge in [0.25, 0.3) is 0 Å². The third-order valence-electron chi connectivity index (χ3n) is 9.40. The zero-order chi connectivity index (χ0) is 32.7. The molecule has 0 unspecified atom stereocenters. The van der Waals surface area contributed by atoms with Gasteiger partial charge >= 0.3 is 0 Å². The van der Waals surface area contributed by atoms with Gasteiger partial charge in [-0.3, -0.25) is 0 Å². The van der Waals surface area contributed by atoms with E-state index < -0.39 is 0 Å². The fraction of sp³-hybridized carbons (Fsp3) is 0.146. The molecule has 0 atom stereocenters. The second kappa shape index (κ2) is 11.5. The monoisotopic (exact) mass is 820 g/mol. The molecule has 7 nitrogen and oxygen atoms in total. The number of aromatic nitrogens is 4. The van der Waals surface area contributed by atoms with Gasteiger partial charge in [-0.15, -0.1) is 41.4 Å². The summed E-state index contributed by atoms with van der Waals surface area (Å²) in [6.45, 7) is 8.76. The summed E-state index contributed by atoms with van der Waals surface area (Å²) in [7, 11) is 4.16. The summed E-state index contributed by atoms with van der Waals surface area (Å²) in [4.78, 5) is 13.8. The molecule has 1 aliphatic heterocycles. The molecule has 1 aliphatic rings. The molecule has 8 aromatic rings. The minimum absolute atomic E-state index is 0. The molecule has 8 heteroatoms. The van der Waals surface area contributed by atoms with Crippen molar-refractivity contribution in [1.82, 2.24) is 19.1 Å². The fourth-order valence-electron chi connectivity index (χ4n) is 7.06. The Labute approximate surface area is 299 Å². The minimum atomic E-state index is -0.00449. The van der Waals surface area contributed by atoms with E-state index in [0.717, 1.165) is 61.2 Å². The molecule has 49 heavy (non-hydrogen) atoms. The van der Waals surface area contributed by atoms with Crippen molar-refractivity contribution in [3.63, 3.8) is 0 Å². The van der Waals surface area contributed by atoms with E-state index in [1.165, 1.54) is 10.9 Å². The predicted octanol–water partition coefficient (Wildman–Crippen LogP) is 9.61. The van der Waals surface area contributed by atoms with Crippen LogP contribution in [-0.2, 0) is 33.5 Å². The van der Waals surface area contributed by atoms with Gasteiger partial charge < -0.3 is 23.7 Å². The van der Waals surface area contributed by atoms with Gasteiger partial charge in [-0.2, -0.15) is 18.8 Å². The first-order valence-electron chi connectivity index (χ1n) is 16.1. The molecule has 0 N–H and O–H groups in total. The number of anilines is 3. The van der Waals surface area contributed by atoms with Crippen LogP contribution in [0.25, 0.3) is 49.6 Å². The molecule has 0 aliphatic carbocycles. The second-order valence-corrected chi connectivity index (χ2v) is 13.4. The van der Waals surface area contributed by atoms with Crippen LogP contribution in [0.4, 0.5) is 17.1 Å². The Morgan fingerprint density at radius 2 is 1.55 bits per heavy atom. The maximum atomic E-state index is 6.49. The number of pyridine rings is 2. The summed E-state index contributed by atoms with van der Waals surface area (Å²) in [5.74, 6) is 2.08. The summed E-state index contributed by atoms with van der Waals surface area (Å²) >= 11 is 0. The van der Waals surface area contributed by atoms with Crippen molar-refractivity contribution in [2.24, 2.45) is 7.05 Å². The van der Waals surface area contributed by atoms with E-state index in [0.29, 0.717) is 11.5 Å². The van der Waals surface area contributed by atoms with E-state index >= 15 is 0 Å². The van der Waals surface area contributed by atoms with Gasteiger partial charge in [0.2, 0.25) is 0 Å². The maximum absolute atomic E-state index is 6.49. The van der Waals surface area contributed by atoms with E-state index in [4.69, 9.17) is 9.72 Å². The topological polar surface area (TPSA) is 51.4 Å². The van der Waals surface area contributed by atoms with Crippen LogP contribution in [-0.4, -0.2) is 26.1 Å². The first-order chi connectivity index (χ1) is 23.3. The van der Waals surface area contributed by atoms with Gasteiger partial charge in [0.05, 0.1) is 5.52 Å². The van der Waals surface area contributed by atoms with E-state index in [1.54, 1.807) is 0 Å². The second-order valence-electron chi connectivity index (χ2n) is 13.4. The molecule has 246 valence electrons. The van der Waals surface area contributed by atoms with Gasteiger partial charge in [0, 0.05) is 79.7 Å². The van der Waals surface area contributed by atoms with Crippen LogP contribution in [0.2, 0.25) is 0 Å². The largest absolute Gasteiger partial charge is 0.509 e. The van der Waals surface area contributed by atoms with Gasteiger partial charge in [-0.05, 0) is 65.9 Å². The number of aryl methyl sites for hydroxylation is 1. The zero-order valence-electron chi connectivity index (χ0n) is 27.8. The van der Waals surface area contributed by atoms with Crippen LogP contribution in [0.3, 0.4) is 0 Å². The number of nitrogens with zero attached hydrogens (tertiary/aromatic N) is 6. The number of hydrogen-bond acceptors (Lipinski definition) is 5. The van der Waals surface area contributed by atoms with Gasteiger partial charge in [-0.25, -0.2) is 9.97 Å². The number of para-hydroxylation sites is 1. The van der Waals surface area contributed by atoms with Gasteiger partial charge in [0.15, 0.2) is 0 Å². The third kappa shape index (κ3) is 4.90. The first-order valence-corrected chi connectivity index (χ1v) is 16.1. The number of fused-ring (bicyclic) bond motifs is 8. The van der Waals surface area contributed by atoms with Crippen molar-refractivity contribution in [3.05, 3.63) is 128 Å². The minimum Gasteiger partial charge on any atom is -0.509 e. The fourth-order valence-corrected chi connectivity index (χ4v) is 7.06. The summed E-state index contributed by atoms with van der Waals surface area (Å²) in [5, 5.41) is 4.57. The van der Waals surface area contributed by atoms with Crippen LogP contribution < -0.4 is 14.5 Å². The number of rotatable bonds is 4. The van der Waals surface area contributed by atoms with Crippen LogP contribution >= 0.6 is 0 Å².